The minimum Gasteiger partial charge on any atom is -0.228 e. The lowest BCUT2D eigenvalue weighted by Gasteiger charge is -2.10. The zero-order chi connectivity index (χ0) is 20.6. The molecule has 0 aliphatic heterocycles. The summed E-state index contributed by atoms with van der Waals surface area (Å²) < 4.78 is 42.6. The van der Waals surface area contributed by atoms with Gasteiger partial charge in [0.1, 0.15) is 11.6 Å². The molecule has 0 saturated heterocycles. The highest BCUT2D eigenvalue weighted by molar-refractivity contribution is 9.10. The number of aryl methyl sites for hydroxylation is 1. The van der Waals surface area contributed by atoms with E-state index in [0.29, 0.717) is 11.0 Å². The zero-order valence-electron chi connectivity index (χ0n) is 15.4. The molecule has 4 nitrogen and oxygen atoms in total. The predicted molar refractivity (Wildman–Crippen MR) is 117 cm³/mol. The first-order chi connectivity index (χ1) is 13.9. The third-order valence-electron chi connectivity index (χ3n) is 4.48. The fourth-order valence-electron chi connectivity index (χ4n) is 3.04. The van der Waals surface area contributed by atoms with Gasteiger partial charge in [-0.15, -0.1) is 0 Å². The summed E-state index contributed by atoms with van der Waals surface area (Å²) in [6.07, 6.45) is 3.46. The van der Waals surface area contributed by atoms with Crippen molar-refractivity contribution in [2.24, 2.45) is 0 Å². The van der Waals surface area contributed by atoms with Gasteiger partial charge in [-0.25, -0.2) is 21.8 Å². The number of fused-ring (bicyclic) bond motifs is 1. The standard InChI is InChI=1S/C22H16BrFN2O2S/c1-15-13-18(10-11-19(15)24)29(27,28)26-21-8-3-2-7-20(21)25-22(26)12-9-16-5-4-6-17(23)14-16/h2-14H,1H3/b12-9+. The quantitative estimate of drug-likeness (QED) is 0.386. The summed E-state index contributed by atoms with van der Waals surface area (Å²) in [6, 6.07) is 18.4. The van der Waals surface area contributed by atoms with Crippen LogP contribution in [0.3, 0.4) is 0 Å². The van der Waals surface area contributed by atoms with Gasteiger partial charge in [-0.05, 0) is 66.6 Å². The molecule has 0 atom stereocenters. The van der Waals surface area contributed by atoms with Crippen LogP contribution in [0.25, 0.3) is 23.2 Å². The maximum Gasteiger partial charge on any atom is 0.269 e. The number of benzene rings is 3. The van der Waals surface area contributed by atoms with Crippen molar-refractivity contribution in [3.05, 3.63) is 94.0 Å². The fourth-order valence-corrected chi connectivity index (χ4v) is 5.00. The van der Waals surface area contributed by atoms with Gasteiger partial charge in [-0.1, -0.05) is 46.3 Å². The van der Waals surface area contributed by atoms with Gasteiger partial charge >= 0.3 is 0 Å². The molecule has 0 aliphatic rings. The van der Waals surface area contributed by atoms with E-state index in [1.807, 2.05) is 24.3 Å². The summed E-state index contributed by atoms with van der Waals surface area (Å²) in [5.41, 5.74) is 2.18. The van der Waals surface area contributed by atoms with E-state index in [4.69, 9.17) is 0 Å². The molecule has 0 saturated carbocycles. The molecule has 4 rings (SSSR count). The summed E-state index contributed by atoms with van der Waals surface area (Å²) in [5.74, 6) is -0.178. The molecule has 0 amide bonds. The number of hydrogen-bond acceptors (Lipinski definition) is 3. The molecule has 146 valence electrons. The van der Waals surface area contributed by atoms with E-state index in [1.165, 1.54) is 29.1 Å². The Labute approximate surface area is 176 Å². The van der Waals surface area contributed by atoms with Crippen molar-refractivity contribution in [2.75, 3.05) is 0 Å². The van der Waals surface area contributed by atoms with Crippen LogP contribution in [-0.4, -0.2) is 17.4 Å². The van der Waals surface area contributed by atoms with Crippen molar-refractivity contribution in [2.45, 2.75) is 11.8 Å². The van der Waals surface area contributed by atoms with Gasteiger partial charge in [0.15, 0.2) is 0 Å². The van der Waals surface area contributed by atoms with Crippen LogP contribution in [0.1, 0.15) is 17.0 Å². The van der Waals surface area contributed by atoms with Crippen molar-refractivity contribution < 1.29 is 12.8 Å². The molecule has 0 unspecified atom stereocenters. The Hall–Kier alpha value is -2.77. The monoisotopic (exact) mass is 470 g/mol. The first-order valence-corrected chi connectivity index (χ1v) is 11.0. The van der Waals surface area contributed by atoms with Gasteiger partial charge in [-0.2, -0.15) is 0 Å². The summed E-state index contributed by atoms with van der Waals surface area (Å²) in [6.45, 7) is 1.54. The number of para-hydroxylation sites is 2. The van der Waals surface area contributed by atoms with Crippen LogP contribution in [0.15, 0.2) is 76.1 Å². The second-order valence-electron chi connectivity index (χ2n) is 6.53. The van der Waals surface area contributed by atoms with Crippen molar-refractivity contribution in [1.82, 2.24) is 8.96 Å². The third kappa shape index (κ3) is 3.75. The Balaban J connectivity index is 1.91. The molecule has 7 heteroatoms. The molecule has 29 heavy (non-hydrogen) atoms. The minimum absolute atomic E-state index is 0.0108. The van der Waals surface area contributed by atoms with E-state index >= 15 is 0 Å². The molecule has 1 heterocycles. The average molecular weight is 471 g/mol. The normalized spacial score (nSPS) is 12.1. The number of nitrogens with zero attached hydrogens (tertiary/aromatic N) is 2. The lowest BCUT2D eigenvalue weighted by atomic mass is 10.2. The highest BCUT2D eigenvalue weighted by atomic mass is 79.9. The zero-order valence-corrected chi connectivity index (χ0v) is 17.8. The fraction of sp³-hybridized carbons (Fsp3) is 0.0455. The van der Waals surface area contributed by atoms with Crippen LogP contribution in [0, 0.1) is 12.7 Å². The first-order valence-electron chi connectivity index (χ1n) is 8.79. The van der Waals surface area contributed by atoms with Crippen molar-refractivity contribution in [3.63, 3.8) is 0 Å². The molecule has 0 fully saturated rings. The van der Waals surface area contributed by atoms with E-state index in [0.717, 1.165) is 10.0 Å². The predicted octanol–water partition coefficient (Wildman–Crippen LogP) is 5.65. The number of rotatable bonds is 4. The Morgan fingerprint density at radius 3 is 2.55 bits per heavy atom. The average Bonchev–Trinajstić information content (AvgIpc) is 3.07. The number of imidazole rings is 1. The molecule has 4 aromatic rings. The summed E-state index contributed by atoms with van der Waals surface area (Å²) in [4.78, 5) is 4.50. The molecule has 0 N–H and O–H groups in total. The molecule has 0 radical (unpaired) electrons. The van der Waals surface area contributed by atoms with Gasteiger partial charge in [0.25, 0.3) is 10.0 Å². The van der Waals surface area contributed by atoms with Crippen molar-refractivity contribution in [1.29, 1.82) is 0 Å². The molecule has 0 spiro atoms. The second kappa shape index (κ2) is 7.57. The number of aromatic nitrogens is 2. The van der Waals surface area contributed by atoms with Crippen molar-refractivity contribution >= 4 is 49.1 Å². The molecule has 0 aliphatic carbocycles. The molecule has 3 aromatic carbocycles. The summed E-state index contributed by atoms with van der Waals surface area (Å²) >= 11 is 3.42. The first kappa shape index (κ1) is 19.5. The van der Waals surface area contributed by atoms with E-state index in [9.17, 15) is 12.8 Å². The largest absolute Gasteiger partial charge is 0.269 e. The highest BCUT2D eigenvalue weighted by Crippen LogP contribution is 2.26. The SMILES string of the molecule is Cc1cc(S(=O)(=O)n2c(/C=C/c3cccc(Br)c3)nc3ccccc32)ccc1F. The summed E-state index contributed by atoms with van der Waals surface area (Å²) in [5, 5.41) is 0. The number of halogens is 2. The van der Waals surface area contributed by atoms with Crippen LogP contribution in [-0.2, 0) is 10.0 Å². The van der Waals surface area contributed by atoms with Crippen LogP contribution in [0.4, 0.5) is 4.39 Å². The summed E-state index contributed by atoms with van der Waals surface area (Å²) in [7, 11) is -3.98. The molecule has 1 aromatic heterocycles. The van der Waals surface area contributed by atoms with Crippen LogP contribution in [0.5, 0.6) is 0 Å². The van der Waals surface area contributed by atoms with E-state index in [1.54, 1.807) is 36.4 Å². The van der Waals surface area contributed by atoms with Gasteiger partial charge in [-0.3, -0.25) is 0 Å². The lowest BCUT2D eigenvalue weighted by Crippen LogP contribution is -2.15. The van der Waals surface area contributed by atoms with Gasteiger partial charge in [0.2, 0.25) is 0 Å². The van der Waals surface area contributed by atoms with E-state index in [2.05, 4.69) is 20.9 Å². The van der Waals surface area contributed by atoms with Crippen molar-refractivity contribution in [3.8, 4) is 0 Å². The smallest absolute Gasteiger partial charge is 0.228 e. The minimum atomic E-state index is -3.98. The Morgan fingerprint density at radius 2 is 1.79 bits per heavy atom. The maximum absolute atomic E-state index is 13.7. The van der Waals surface area contributed by atoms with E-state index < -0.39 is 15.8 Å². The molecular weight excluding hydrogens is 455 g/mol. The Morgan fingerprint density at radius 1 is 1.00 bits per heavy atom. The van der Waals surface area contributed by atoms with E-state index in [-0.39, 0.29) is 16.3 Å². The third-order valence-corrected chi connectivity index (χ3v) is 6.69. The lowest BCUT2D eigenvalue weighted by molar-refractivity contribution is 0.586. The highest BCUT2D eigenvalue weighted by Gasteiger charge is 2.23. The molecular formula is C22H16BrFN2O2S. The van der Waals surface area contributed by atoms with Crippen LogP contribution in [0.2, 0.25) is 0 Å². The topological polar surface area (TPSA) is 52.0 Å². The Kier molecular flexibility index (Phi) is 5.10. The number of hydrogen-bond donors (Lipinski definition) is 0. The van der Waals surface area contributed by atoms with Gasteiger partial charge < -0.3 is 0 Å². The van der Waals surface area contributed by atoms with Gasteiger partial charge in [0.05, 0.1) is 15.9 Å². The Bertz CT molecular complexity index is 1360. The molecule has 0 bridgehead atoms. The van der Waals surface area contributed by atoms with Crippen LogP contribution < -0.4 is 0 Å². The van der Waals surface area contributed by atoms with Gasteiger partial charge in [0, 0.05) is 4.47 Å². The van der Waals surface area contributed by atoms with Crippen LogP contribution >= 0.6 is 15.9 Å². The second-order valence-corrected chi connectivity index (χ2v) is 9.23. The maximum atomic E-state index is 13.7.